The normalized spacial score (nSPS) is 16.7. The third-order valence-electron chi connectivity index (χ3n) is 5.66. The number of nitrogens with zero attached hydrogens (tertiary/aromatic N) is 1. The molecule has 0 aliphatic carbocycles. The highest BCUT2D eigenvalue weighted by molar-refractivity contribution is 7.10. The molecule has 0 saturated carbocycles. The van der Waals surface area contributed by atoms with E-state index in [0.717, 1.165) is 16.0 Å². The van der Waals surface area contributed by atoms with Crippen LogP contribution in [0.25, 0.3) is 0 Å². The Labute approximate surface area is 195 Å². The number of ether oxygens (including phenoxy) is 3. The molecule has 0 bridgehead atoms. The van der Waals surface area contributed by atoms with Crippen molar-refractivity contribution >= 4 is 28.8 Å². The van der Waals surface area contributed by atoms with Crippen LogP contribution in [0.5, 0.6) is 17.2 Å². The number of hydrogen-bond acceptors (Lipinski definition) is 6. The van der Waals surface area contributed by atoms with Gasteiger partial charge in [0.25, 0.3) is 5.91 Å². The number of carbonyl (C=O) groups is 2. The SMILES string of the molecule is CCC1Oc2ccc(NC(=O)Cc3cccs3)cc2CN(Cc2ccc3c(c2)OCO3)C1=O. The number of amides is 2. The van der Waals surface area contributed by atoms with E-state index < -0.39 is 6.10 Å². The first kappa shape index (κ1) is 21.3. The van der Waals surface area contributed by atoms with Gasteiger partial charge in [-0.05, 0) is 53.8 Å². The first-order chi connectivity index (χ1) is 16.1. The van der Waals surface area contributed by atoms with Crippen molar-refractivity contribution < 1.29 is 23.8 Å². The molecule has 3 heterocycles. The standard InChI is InChI=1S/C25H24N2O5S/c1-2-20-25(29)27(13-16-5-7-22-23(10-16)31-15-30-22)14-17-11-18(6-8-21(17)32-20)26-24(28)12-19-4-3-9-33-19/h3-11,20H,2,12-15H2,1H3,(H,26,28). The molecule has 7 nitrogen and oxygen atoms in total. The van der Waals surface area contributed by atoms with E-state index in [4.69, 9.17) is 14.2 Å². The molecular formula is C25H24N2O5S. The van der Waals surface area contributed by atoms with Crippen molar-refractivity contribution in [2.45, 2.75) is 39.0 Å². The van der Waals surface area contributed by atoms with Crippen LogP contribution in [0.2, 0.25) is 0 Å². The highest BCUT2D eigenvalue weighted by Gasteiger charge is 2.30. The minimum Gasteiger partial charge on any atom is -0.480 e. The van der Waals surface area contributed by atoms with Crippen molar-refractivity contribution in [3.63, 3.8) is 0 Å². The van der Waals surface area contributed by atoms with Crippen LogP contribution in [-0.2, 0) is 29.1 Å². The Kier molecular flexibility index (Phi) is 5.92. The number of nitrogens with one attached hydrogen (secondary N) is 1. The minimum atomic E-state index is -0.556. The molecule has 0 spiro atoms. The molecule has 1 N–H and O–H groups in total. The molecule has 0 saturated heterocycles. The molecule has 8 heteroatoms. The Bertz CT molecular complexity index is 1180. The van der Waals surface area contributed by atoms with E-state index >= 15 is 0 Å². The van der Waals surface area contributed by atoms with Crippen LogP contribution in [-0.4, -0.2) is 29.6 Å². The molecule has 0 radical (unpaired) electrons. The lowest BCUT2D eigenvalue weighted by Gasteiger charge is -2.23. The van der Waals surface area contributed by atoms with Crippen LogP contribution >= 0.6 is 11.3 Å². The number of benzene rings is 2. The fraction of sp³-hybridized carbons (Fsp3) is 0.280. The van der Waals surface area contributed by atoms with E-state index in [0.29, 0.717) is 48.9 Å². The number of anilines is 1. The summed E-state index contributed by atoms with van der Waals surface area (Å²) in [5, 5.41) is 4.91. The fourth-order valence-corrected chi connectivity index (χ4v) is 4.72. The lowest BCUT2D eigenvalue weighted by atomic mass is 10.1. The summed E-state index contributed by atoms with van der Waals surface area (Å²) >= 11 is 1.56. The lowest BCUT2D eigenvalue weighted by Crippen LogP contribution is -2.38. The van der Waals surface area contributed by atoms with Gasteiger partial charge in [-0.1, -0.05) is 19.1 Å². The largest absolute Gasteiger partial charge is 0.480 e. The van der Waals surface area contributed by atoms with Gasteiger partial charge in [0.2, 0.25) is 12.7 Å². The smallest absolute Gasteiger partial charge is 0.264 e. The summed E-state index contributed by atoms with van der Waals surface area (Å²) in [5.74, 6) is 1.93. The van der Waals surface area contributed by atoms with E-state index in [2.05, 4.69) is 5.32 Å². The second-order valence-electron chi connectivity index (χ2n) is 8.02. The zero-order valence-electron chi connectivity index (χ0n) is 18.2. The molecule has 2 aromatic carbocycles. The maximum absolute atomic E-state index is 13.2. The summed E-state index contributed by atoms with van der Waals surface area (Å²) in [6.07, 6.45) is 0.340. The van der Waals surface area contributed by atoms with Crippen molar-refractivity contribution in [1.82, 2.24) is 4.90 Å². The molecule has 2 aliphatic heterocycles. The van der Waals surface area contributed by atoms with E-state index in [-0.39, 0.29) is 18.6 Å². The molecule has 33 heavy (non-hydrogen) atoms. The molecule has 1 aromatic heterocycles. The van der Waals surface area contributed by atoms with Gasteiger partial charge in [-0.25, -0.2) is 0 Å². The highest BCUT2D eigenvalue weighted by atomic mass is 32.1. The Morgan fingerprint density at radius 2 is 1.97 bits per heavy atom. The summed E-state index contributed by atoms with van der Waals surface area (Å²) < 4.78 is 16.9. The van der Waals surface area contributed by atoms with Gasteiger partial charge in [-0.2, -0.15) is 0 Å². The molecular weight excluding hydrogens is 440 g/mol. The van der Waals surface area contributed by atoms with Crippen molar-refractivity contribution in [2.24, 2.45) is 0 Å². The maximum Gasteiger partial charge on any atom is 0.264 e. The van der Waals surface area contributed by atoms with E-state index in [1.165, 1.54) is 0 Å². The third-order valence-corrected chi connectivity index (χ3v) is 6.53. The summed E-state index contributed by atoms with van der Waals surface area (Å²) in [7, 11) is 0. The molecule has 1 atom stereocenters. The van der Waals surface area contributed by atoms with Gasteiger partial charge in [0.05, 0.1) is 6.42 Å². The maximum atomic E-state index is 13.2. The average molecular weight is 465 g/mol. The van der Waals surface area contributed by atoms with Crippen LogP contribution in [0.3, 0.4) is 0 Å². The second kappa shape index (κ2) is 9.15. The molecule has 1 unspecified atom stereocenters. The third kappa shape index (κ3) is 4.66. The Morgan fingerprint density at radius 1 is 1.12 bits per heavy atom. The van der Waals surface area contributed by atoms with Crippen molar-refractivity contribution in [3.05, 3.63) is 69.9 Å². The van der Waals surface area contributed by atoms with Crippen molar-refractivity contribution in [2.75, 3.05) is 12.1 Å². The monoisotopic (exact) mass is 464 g/mol. The Morgan fingerprint density at radius 3 is 2.79 bits per heavy atom. The summed E-state index contributed by atoms with van der Waals surface area (Å²) in [6.45, 7) is 2.95. The van der Waals surface area contributed by atoms with Crippen molar-refractivity contribution in [3.8, 4) is 17.2 Å². The number of hydrogen-bond donors (Lipinski definition) is 1. The first-order valence-electron chi connectivity index (χ1n) is 10.9. The number of fused-ring (bicyclic) bond motifs is 2. The van der Waals surface area contributed by atoms with Crippen LogP contribution in [0.1, 0.15) is 29.3 Å². The van der Waals surface area contributed by atoms with Crippen LogP contribution in [0, 0.1) is 0 Å². The predicted molar refractivity (Wildman–Crippen MR) is 125 cm³/mol. The molecule has 3 aromatic rings. The number of thiophene rings is 1. The predicted octanol–water partition coefficient (Wildman–Crippen LogP) is 4.36. The first-order valence-corrected chi connectivity index (χ1v) is 11.8. The van der Waals surface area contributed by atoms with Crippen molar-refractivity contribution in [1.29, 1.82) is 0 Å². The number of carbonyl (C=O) groups excluding carboxylic acids is 2. The van der Waals surface area contributed by atoms with Crippen LogP contribution in [0.15, 0.2) is 53.9 Å². The summed E-state index contributed by atoms with van der Waals surface area (Å²) in [5.41, 5.74) is 2.49. The summed E-state index contributed by atoms with van der Waals surface area (Å²) in [6, 6.07) is 15.1. The van der Waals surface area contributed by atoms with E-state index in [1.54, 1.807) is 16.2 Å². The minimum absolute atomic E-state index is 0.0605. The zero-order valence-corrected chi connectivity index (χ0v) is 19.0. The second-order valence-corrected chi connectivity index (χ2v) is 9.06. The topological polar surface area (TPSA) is 77.1 Å². The van der Waals surface area contributed by atoms with Crippen LogP contribution < -0.4 is 19.5 Å². The molecule has 2 aliphatic rings. The van der Waals surface area contributed by atoms with E-state index in [1.807, 2.05) is 60.8 Å². The van der Waals surface area contributed by atoms with Gasteiger partial charge < -0.3 is 24.4 Å². The van der Waals surface area contributed by atoms with Crippen LogP contribution in [0.4, 0.5) is 5.69 Å². The fourth-order valence-electron chi connectivity index (χ4n) is 4.01. The molecule has 5 rings (SSSR count). The molecule has 170 valence electrons. The quantitative estimate of drug-likeness (QED) is 0.587. The van der Waals surface area contributed by atoms with E-state index in [9.17, 15) is 9.59 Å². The molecule has 0 fully saturated rings. The number of rotatable bonds is 6. The van der Waals surface area contributed by atoms with Gasteiger partial charge in [0.15, 0.2) is 17.6 Å². The zero-order chi connectivity index (χ0) is 22.8. The molecule has 2 amide bonds. The van der Waals surface area contributed by atoms with Gasteiger partial charge in [0.1, 0.15) is 5.75 Å². The summed E-state index contributed by atoms with van der Waals surface area (Å²) in [4.78, 5) is 28.4. The van der Waals surface area contributed by atoms with Gasteiger partial charge >= 0.3 is 0 Å². The van der Waals surface area contributed by atoms with Gasteiger partial charge in [-0.3, -0.25) is 9.59 Å². The Hall–Kier alpha value is -3.52. The van der Waals surface area contributed by atoms with Gasteiger partial charge in [0, 0.05) is 29.2 Å². The Balaban J connectivity index is 1.36. The highest BCUT2D eigenvalue weighted by Crippen LogP contribution is 2.34. The average Bonchev–Trinajstić information content (AvgIpc) is 3.46. The van der Waals surface area contributed by atoms with Gasteiger partial charge in [-0.15, -0.1) is 11.3 Å². The lowest BCUT2D eigenvalue weighted by molar-refractivity contribution is -0.139.